The van der Waals surface area contributed by atoms with Crippen molar-refractivity contribution < 1.29 is 66.2 Å². The van der Waals surface area contributed by atoms with Crippen molar-refractivity contribution in [3.8, 4) is 0 Å². The molecule has 486 valence electrons. The number of unbranched alkanes of at least 4 members (excludes halogenated alkanes) is 3. The third-order valence-electron chi connectivity index (χ3n) is 15.1. The van der Waals surface area contributed by atoms with E-state index >= 15 is 0 Å². The lowest BCUT2D eigenvalue weighted by Crippen LogP contribution is -2.62. The van der Waals surface area contributed by atoms with E-state index in [0.29, 0.717) is 43.2 Å². The fourth-order valence-electron chi connectivity index (χ4n) is 10.0. The molecule has 0 spiro atoms. The Labute approximate surface area is 523 Å². The number of imide groups is 1. The van der Waals surface area contributed by atoms with Crippen molar-refractivity contribution in [3.05, 3.63) is 125 Å². The van der Waals surface area contributed by atoms with Crippen LogP contribution in [-0.2, 0) is 71.5 Å². The first-order valence-corrected chi connectivity index (χ1v) is 31.4. The second-order valence-electron chi connectivity index (χ2n) is 25.3. The maximum Gasteiger partial charge on any atom is 0.407 e. The summed E-state index contributed by atoms with van der Waals surface area (Å²) >= 11 is 0. The lowest BCUT2D eigenvalue weighted by Gasteiger charge is -2.41. The summed E-state index contributed by atoms with van der Waals surface area (Å²) in [4.78, 5) is 136. The van der Waals surface area contributed by atoms with Crippen LogP contribution in [0, 0.1) is 11.3 Å². The molecular weight excluding hydrogens is 1160 g/mol. The Hall–Kier alpha value is -8.41. The highest BCUT2D eigenvalue weighted by atomic mass is 32.2. The van der Waals surface area contributed by atoms with Crippen LogP contribution >= 0.6 is 0 Å². The molecule has 1 aliphatic rings. The minimum absolute atomic E-state index is 0.0390. The molecule has 24 heteroatoms. The molecule has 5 atom stereocenters. The van der Waals surface area contributed by atoms with Crippen molar-refractivity contribution in [1.29, 1.82) is 0 Å². The molecule has 23 nitrogen and oxygen atoms in total. The average molecular weight is 1250 g/mol. The van der Waals surface area contributed by atoms with E-state index in [2.05, 4.69) is 31.3 Å². The number of ether oxygens (including phenoxy) is 1. The molecule has 3 aromatic rings. The second-order valence-corrected chi connectivity index (χ2v) is 27.0. The van der Waals surface area contributed by atoms with E-state index in [1.54, 1.807) is 124 Å². The molecule has 0 radical (unpaired) electrons. The van der Waals surface area contributed by atoms with Crippen LogP contribution < -0.4 is 31.3 Å². The van der Waals surface area contributed by atoms with E-state index < -0.39 is 104 Å². The van der Waals surface area contributed by atoms with Gasteiger partial charge in [-0.2, -0.15) is 0 Å². The molecular formula is C65H91N9O14S. The smallest absolute Gasteiger partial charge is 0.407 e. The number of carbonyl (C=O) groups excluding carboxylic acids is 9. The number of sulfonamides is 1. The molecule has 3 aromatic carbocycles. The molecule has 1 aliphatic heterocycles. The van der Waals surface area contributed by atoms with Gasteiger partial charge < -0.3 is 41.3 Å². The SMILES string of the molecule is C/C(=C\[C@H](C(C)C)N(C)C(=O)[C@@H](NC(=O)[C@@H](N(C)C(=O)O)C(C)(C)c1ccccc1)C(C)(C)C)C(=O)NS(=O)(=O)c1ccc(CNC(=O)[C@@H](CCCCNC(=O)OC(C)(C)C)NC(=O)[C@@H](Cc2ccccc2)NC(=O)CCCCCN2C(=O)C=CC2=O)cc1. The maximum atomic E-state index is 14.6. The Morgan fingerprint density at radius 3 is 1.83 bits per heavy atom. The number of nitrogens with one attached hydrogen (secondary N) is 6. The highest BCUT2D eigenvalue weighted by molar-refractivity contribution is 7.90. The van der Waals surface area contributed by atoms with Gasteiger partial charge in [-0.15, -0.1) is 0 Å². The minimum Gasteiger partial charge on any atom is -0.465 e. The molecule has 0 unspecified atom stereocenters. The normalized spacial score (nSPS) is 14.6. The summed E-state index contributed by atoms with van der Waals surface area (Å²) in [6, 6.07) is 17.8. The van der Waals surface area contributed by atoms with Gasteiger partial charge in [0, 0.05) is 69.7 Å². The molecule has 0 saturated carbocycles. The number of carboxylic acid groups (broad SMARTS) is 1. The summed E-state index contributed by atoms with van der Waals surface area (Å²) in [5.41, 5.74) is -0.816. The number of hydrogen-bond acceptors (Lipinski definition) is 13. The molecule has 0 aliphatic carbocycles. The van der Waals surface area contributed by atoms with Crippen LogP contribution in [0.5, 0.6) is 0 Å². The molecule has 0 aromatic heterocycles. The van der Waals surface area contributed by atoms with Crippen LogP contribution in [0.15, 0.2) is 114 Å². The number of carbonyl (C=O) groups is 10. The van der Waals surface area contributed by atoms with E-state index in [-0.39, 0.29) is 67.1 Å². The van der Waals surface area contributed by atoms with E-state index in [1.807, 2.05) is 6.07 Å². The molecule has 1 heterocycles. The average Bonchev–Trinajstić information content (AvgIpc) is 3.21. The zero-order valence-corrected chi connectivity index (χ0v) is 54.4. The van der Waals surface area contributed by atoms with Gasteiger partial charge in [-0.3, -0.25) is 48.2 Å². The second kappa shape index (κ2) is 32.7. The first-order chi connectivity index (χ1) is 41.5. The van der Waals surface area contributed by atoms with Gasteiger partial charge in [-0.25, -0.2) is 22.7 Å². The van der Waals surface area contributed by atoms with E-state index in [1.165, 1.54) is 68.4 Å². The van der Waals surface area contributed by atoms with Crippen molar-refractivity contribution in [2.75, 3.05) is 27.2 Å². The largest absolute Gasteiger partial charge is 0.465 e. The Kier molecular flexibility index (Phi) is 26.9. The predicted octanol–water partition coefficient (Wildman–Crippen LogP) is 6.42. The van der Waals surface area contributed by atoms with Crippen molar-refractivity contribution in [1.82, 2.24) is 46.0 Å². The summed E-state index contributed by atoms with van der Waals surface area (Å²) in [6.07, 6.45) is 4.37. The number of nitrogens with zero attached hydrogens (tertiary/aromatic N) is 3. The Morgan fingerprint density at radius 1 is 0.674 bits per heavy atom. The van der Waals surface area contributed by atoms with Crippen molar-refractivity contribution in [2.45, 2.75) is 180 Å². The third-order valence-corrected chi connectivity index (χ3v) is 16.4. The number of hydrogen-bond donors (Lipinski definition) is 7. The summed E-state index contributed by atoms with van der Waals surface area (Å²) in [6.45, 7) is 19.3. The molecule has 0 bridgehead atoms. The summed E-state index contributed by atoms with van der Waals surface area (Å²) < 4.78 is 34.8. The fraction of sp³-hybridized carbons (Fsp3) is 0.508. The number of amides is 10. The van der Waals surface area contributed by atoms with Gasteiger partial charge in [0.15, 0.2) is 0 Å². The zero-order chi connectivity index (χ0) is 66.6. The van der Waals surface area contributed by atoms with Crippen LogP contribution in [0.4, 0.5) is 9.59 Å². The molecule has 89 heavy (non-hydrogen) atoms. The summed E-state index contributed by atoms with van der Waals surface area (Å²) in [5.74, 6) is -4.97. The highest BCUT2D eigenvalue weighted by Gasteiger charge is 2.45. The molecule has 4 rings (SSSR count). The summed E-state index contributed by atoms with van der Waals surface area (Å²) in [7, 11) is -1.70. The maximum absolute atomic E-state index is 14.6. The third kappa shape index (κ3) is 22.6. The van der Waals surface area contributed by atoms with Crippen LogP contribution in [0.1, 0.15) is 138 Å². The standard InChI is InChI=1S/C65H91N9O14S/c1-42(2)50(72(12)60(82)54(63(4,5)6)70-59(81)55(73(13)62(84)85)65(10,11)46-27-19-15-20-28-46)39-43(3)56(78)71-89(86,87)47-33-31-45(32-34-47)41-67-57(79)48(29-22-23-37-66-61(83)88-64(7,8)9)69-58(80)49(40-44-25-17-14-18-26-44)68-51(75)30-21-16-24-38-74-52(76)35-36-53(74)77/h14-15,17-20,25-28,31-36,39,42,48-50,54-55H,16,21-24,29-30,37-38,40-41H2,1-13H3,(H,66,83)(H,67,79)(H,68,75)(H,69,80)(H,70,81)(H,71,78)(H,84,85)/b43-39+/t48-,49-,50-,54-,55-/m1/s1. The number of likely N-dealkylation sites (N-methyl/N-ethyl adjacent to an activating group) is 2. The van der Waals surface area contributed by atoms with Crippen LogP contribution in [0.3, 0.4) is 0 Å². The summed E-state index contributed by atoms with van der Waals surface area (Å²) in [5, 5.41) is 24.1. The van der Waals surface area contributed by atoms with E-state index in [9.17, 15) is 61.5 Å². The number of benzene rings is 3. The van der Waals surface area contributed by atoms with Crippen molar-refractivity contribution >= 4 is 69.5 Å². The first kappa shape index (κ1) is 73.1. The van der Waals surface area contributed by atoms with Gasteiger partial charge in [0.05, 0.1) is 10.9 Å². The van der Waals surface area contributed by atoms with Crippen LogP contribution in [-0.4, -0.2) is 151 Å². The van der Waals surface area contributed by atoms with E-state index in [4.69, 9.17) is 4.74 Å². The van der Waals surface area contributed by atoms with E-state index in [0.717, 1.165) is 15.4 Å². The predicted molar refractivity (Wildman–Crippen MR) is 336 cm³/mol. The zero-order valence-electron chi connectivity index (χ0n) is 53.6. The minimum atomic E-state index is -4.50. The molecule has 0 saturated heterocycles. The van der Waals surface area contributed by atoms with Gasteiger partial charge in [0.25, 0.3) is 27.7 Å². The van der Waals surface area contributed by atoms with Crippen molar-refractivity contribution in [3.63, 3.8) is 0 Å². The number of alkyl carbamates (subject to hydrolysis) is 1. The molecule has 0 fully saturated rings. The molecule has 7 N–H and O–H groups in total. The highest BCUT2D eigenvalue weighted by Crippen LogP contribution is 2.32. The first-order valence-electron chi connectivity index (χ1n) is 29.9. The van der Waals surface area contributed by atoms with Gasteiger partial charge >= 0.3 is 12.2 Å². The van der Waals surface area contributed by atoms with Gasteiger partial charge in [-0.1, -0.05) is 134 Å². The molecule has 10 amide bonds. The Bertz CT molecular complexity index is 3140. The lowest BCUT2D eigenvalue weighted by molar-refractivity contribution is -0.141. The fourth-order valence-corrected chi connectivity index (χ4v) is 11.0. The lowest BCUT2D eigenvalue weighted by atomic mass is 9.76. The Morgan fingerprint density at radius 2 is 1.27 bits per heavy atom. The van der Waals surface area contributed by atoms with Crippen LogP contribution in [0.25, 0.3) is 0 Å². The van der Waals surface area contributed by atoms with Gasteiger partial charge in [0.1, 0.15) is 29.8 Å². The monoisotopic (exact) mass is 1250 g/mol. The van der Waals surface area contributed by atoms with Gasteiger partial charge in [0.2, 0.25) is 29.5 Å². The Balaban J connectivity index is 1.46. The quantitative estimate of drug-likeness (QED) is 0.0208. The van der Waals surface area contributed by atoms with Crippen molar-refractivity contribution in [2.24, 2.45) is 11.3 Å². The van der Waals surface area contributed by atoms with Gasteiger partial charge in [-0.05, 0) is 100.0 Å². The topological polar surface area (TPSA) is 316 Å². The van der Waals surface area contributed by atoms with Crippen LogP contribution in [0.2, 0.25) is 0 Å². The number of rotatable bonds is 31.